The van der Waals surface area contributed by atoms with Gasteiger partial charge in [0, 0.05) is 12.0 Å². The Hall–Kier alpha value is -1.46. The lowest BCUT2D eigenvalue weighted by atomic mass is 10.1. The van der Waals surface area contributed by atoms with Gasteiger partial charge in [-0.2, -0.15) is 0 Å². The summed E-state index contributed by atoms with van der Waals surface area (Å²) >= 11 is 11.8. The van der Waals surface area contributed by atoms with Crippen LogP contribution < -0.4 is 9.47 Å². The highest BCUT2D eigenvalue weighted by atomic mass is 35.5. The number of rotatable bonds is 4. The number of Topliss-reactive ketones (excluding diaryl/α,β-unsaturated/α-hetero) is 1. The molecule has 112 valence electrons. The molecule has 0 radical (unpaired) electrons. The van der Waals surface area contributed by atoms with Crippen molar-refractivity contribution in [1.29, 1.82) is 0 Å². The number of carbonyl (C=O) groups excluding carboxylic acids is 2. The number of alkyl halides is 2. The molecule has 2 aliphatic rings. The zero-order valence-electron chi connectivity index (χ0n) is 11.2. The molecule has 0 spiro atoms. The van der Waals surface area contributed by atoms with Crippen LogP contribution in [0.3, 0.4) is 0 Å². The number of carbonyl (C=O) groups is 2. The highest BCUT2D eigenvalue weighted by Crippen LogP contribution is 2.64. The molecule has 0 N–H and O–H groups in total. The van der Waals surface area contributed by atoms with Gasteiger partial charge in [0.1, 0.15) is 9.75 Å². The molecule has 1 fully saturated rings. The average Bonchev–Trinajstić information content (AvgIpc) is 2.79. The van der Waals surface area contributed by atoms with Crippen molar-refractivity contribution in [2.24, 2.45) is 5.41 Å². The number of benzene rings is 1. The van der Waals surface area contributed by atoms with Crippen LogP contribution in [0, 0.1) is 5.41 Å². The van der Waals surface area contributed by atoms with E-state index in [-0.39, 0.29) is 19.2 Å². The Morgan fingerprint density at radius 1 is 1.29 bits per heavy atom. The first-order chi connectivity index (χ1) is 9.83. The monoisotopic (exact) mass is 330 g/mol. The molecular weight excluding hydrogens is 319 g/mol. The van der Waals surface area contributed by atoms with E-state index in [2.05, 4.69) is 0 Å². The van der Waals surface area contributed by atoms with E-state index in [9.17, 15) is 9.59 Å². The van der Waals surface area contributed by atoms with E-state index in [4.69, 9.17) is 37.4 Å². The Kier molecular flexibility index (Phi) is 3.30. The third-order valence-electron chi connectivity index (χ3n) is 3.74. The van der Waals surface area contributed by atoms with Crippen molar-refractivity contribution in [3.63, 3.8) is 0 Å². The van der Waals surface area contributed by atoms with Crippen molar-refractivity contribution in [2.45, 2.75) is 17.7 Å². The van der Waals surface area contributed by atoms with Crippen molar-refractivity contribution in [2.75, 3.05) is 13.4 Å². The van der Waals surface area contributed by atoms with Gasteiger partial charge in [0.25, 0.3) is 0 Å². The van der Waals surface area contributed by atoms with Crippen LogP contribution in [-0.4, -0.2) is 29.5 Å². The van der Waals surface area contributed by atoms with Gasteiger partial charge in [0.2, 0.25) is 6.79 Å². The number of hydrogen-bond donors (Lipinski definition) is 0. The minimum Gasteiger partial charge on any atom is -0.457 e. The van der Waals surface area contributed by atoms with Gasteiger partial charge in [-0.05, 0) is 25.1 Å². The molecule has 7 heteroatoms. The van der Waals surface area contributed by atoms with E-state index in [1.165, 1.54) is 0 Å². The topological polar surface area (TPSA) is 61.8 Å². The van der Waals surface area contributed by atoms with Crippen molar-refractivity contribution in [3.8, 4) is 11.5 Å². The standard InChI is InChI=1S/C14H12Cl2O5/c1-13(6-14(13,15)16)12(18)19-5-9(17)8-2-3-10-11(4-8)21-7-20-10/h2-4H,5-7H2,1H3/t13-/m1/s1. The molecule has 0 bridgehead atoms. The van der Waals surface area contributed by atoms with E-state index in [1.807, 2.05) is 0 Å². The molecule has 1 aromatic rings. The first-order valence-corrected chi connectivity index (χ1v) is 7.07. The summed E-state index contributed by atoms with van der Waals surface area (Å²) in [5, 5.41) is 0. The van der Waals surface area contributed by atoms with Crippen LogP contribution >= 0.6 is 23.2 Å². The third kappa shape index (κ3) is 2.45. The summed E-state index contributed by atoms with van der Waals surface area (Å²) in [6.45, 7) is 1.38. The van der Waals surface area contributed by atoms with E-state index in [0.717, 1.165) is 0 Å². The van der Waals surface area contributed by atoms with Gasteiger partial charge in [0.15, 0.2) is 23.9 Å². The minimum absolute atomic E-state index is 0.133. The van der Waals surface area contributed by atoms with Crippen LogP contribution in [0.1, 0.15) is 23.7 Å². The van der Waals surface area contributed by atoms with E-state index in [1.54, 1.807) is 25.1 Å². The van der Waals surface area contributed by atoms with Crippen molar-refractivity contribution in [3.05, 3.63) is 23.8 Å². The number of fused-ring (bicyclic) bond motifs is 1. The van der Waals surface area contributed by atoms with E-state index in [0.29, 0.717) is 23.5 Å². The Balaban J connectivity index is 1.61. The molecule has 0 unspecified atom stereocenters. The lowest BCUT2D eigenvalue weighted by Crippen LogP contribution is -2.24. The molecule has 5 nitrogen and oxygen atoms in total. The zero-order chi connectivity index (χ0) is 15.3. The first-order valence-electron chi connectivity index (χ1n) is 6.31. The van der Waals surface area contributed by atoms with Crippen LogP contribution in [-0.2, 0) is 9.53 Å². The number of hydrogen-bond acceptors (Lipinski definition) is 5. The van der Waals surface area contributed by atoms with Crippen LogP contribution in [0.4, 0.5) is 0 Å². The Labute approximate surface area is 131 Å². The maximum absolute atomic E-state index is 12.0. The SMILES string of the molecule is C[C@]1(C(=O)OCC(=O)c2ccc3c(c2)OCO3)CC1(Cl)Cl. The summed E-state index contributed by atoms with van der Waals surface area (Å²) in [5.74, 6) is 0.187. The fraction of sp³-hybridized carbons (Fsp3) is 0.429. The Bertz CT molecular complexity index is 628. The molecule has 0 amide bonds. The van der Waals surface area contributed by atoms with E-state index >= 15 is 0 Å². The molecule has 1 aromatic carbocycles. The van der Waals surface area contributed by atoms with Gasteiger partial charge < -0.3 is 14.2 Å². The predicted octanol–water partition coefficient (Wildman–Crippen LogP) is 2.73. The second-order valence-electron chi connectivity index (χ2n) is 5.28. The quantitative estimate of drug-likeness (QED) is 0.482. The van der Waals surface area contributed by atoms with Crippen molar-refractivity contribution < 1.29 is 23.8 Å². The summed E-state index contributed by atoms with van der Waals surface area (Å²) in [6.07, 6.45) is 0.320. The Morgan fingerprint density at radius 2 is 1.95 bits per heavy atom. The van der Waals surface area contributed by atoms with Gasteiger partial charge in [-0.1, -0.05) is 0 Å². The van der Waals surface area contributed by atoms with Gasteiger partial charge in [-0.25, -0.2) is 0 Å². The highest BCUT2D eigenvalue weighted by Gasteiger charge is 2.69. The predicted molar refractivity (Wildman–Crippen MR) is 75.0 cm³/mol. The van der Waals surface area contributed by atoms with E-state index < -0.39 is 15.7 Å². The van der Waals surface area contributed by atoms with Crippen LogP contribution in [0.25, 0.3) is 0 Å². The molecule has 3 rings (SSSR count). The number of ketones is 1. The Morgan fingerprint density at radius 3 is 2.62 bits per heavy atom. The summed E-state index contributed by atoms with van der Waals surface area (Å²) < 4.78 is 14.3. The van der Waals surface area contributed by atoms with Crippen LogP contribution in [0.15, 0.2) is 18.2 Å². The lowest BCUT2D eigenvalue weighted by Gasteiger charge is -2.11. The van der Waals surface area contributed by atoms with Gasteiger partial charge >= 0.3 is 5.97 Å². The fourth-order valence-electron chi connectivity index (χ4n) is 2.07. The fourth-order valence-corrected chi connectivity index (χ4v) is 2.75. The third-order valence-corrected chi connectivity index (χ3v) is 4.84. The molecule has 1 atom stereocenters. The maximum atomic E-state index is 12.0. The average molecular weight is 331 g/mol. The van der Waals surface area contributed by atoms with Crippen molar-refractivity contribution >= 4 is 35.0 Å². The number of ether oxygens (including phenoxy) is 3. The molecule has 21 heavy (non-hydrogen) atoms. The summed E-state index contributed by atoms with van der Waals surface area (Å²) in [4.78, 5) is 23.9. The number of esters is 1. The van der Waals surface area contributed by atoms with Crippen LogP contribution in [0.2, 0.25) is 0 Å². The molecule has 0 aromatic heterocycles. The first kappa shape index (κ1) is 14.5. The minimum atomic E-state index is -1.11. The zero-order valence-corrected chi connectivity index (χ0v) is 12.7. The smallest absolute Gasteiger partial charge is 0.315 e. The van der Waals surface area contributed by atoms with Gasteiger partial charge in [0.05, 0.1) is 0 Å². The van der Waals surface area contributed by atoms with Crippen LogP contribution in [0.5, 0.6) is 11.5 Å². The summed E-state index contributed by atoms with van der Waals surface area (Å²) in [5.41, 5.74) is -0.554. The molecular formula is C14H12Cl2O5. The summed E-state index contributed by atoms with van der Waals surface area (Å²) in [6, 6.07) is 4.79. The number of halogens is 2. The molecule has 1 heterocycles. The largest absolute Gasteiger partial charge is 0.457 e. The van der Waals surface area contributed by atoms with Gasteiger partial charge in [-0.3, -0.25) is 9.59 Å². The van der Waals surface area contributed by atoms with Gasteiger partial charge in [-0.15, -0.1) is 23.2 Å². The normalized spacial score (nSPS) is 24.5. The lowest BCUT2D eigenvalue weighted by molar-refractivity contribution is -0.148. The second-order valence-corrected chi connectivity index (χ2v) is 6.76. The maximum Gasteiger partial charge on any atom is 0.315 e. The molecule has 1 aliphatic heterocycles. The molecule has 1 aliphatic carbocycles. The second kappa shape index (κ2) is 4.78. The molecule has 0 saturated heterocycles. The molecule has 1 saturated carbocycles. The highest BCUT2D eigenvalue weighted by molar-refractivity contribution is 6.53. The summed E-state index contributed by atoms with van der Waals surface area (Å²) in [7, 11) is 0. The van der Waals surface area contributed by atoms with Crippen molar-refractivity contribution in [1.82, 2.24) is 0 Å².